The van der Waals surface area contributed by atoms with Crippen LogP contribution in [0.3, 0.4) is 0 Å². The second-order valence-electron chi connectivity index (χ2n) is 6.85. The van der Waals surface area contributed by atoms with Crippen molar-refractivity contribution >= 4 is 17.5 Å². The molecule has 0 aromatic heterocycles. The molecule has 3 aliphatic rings. The van der Waals surface area contributed by atoms with Crippen LogP contribution < -0.4 is 20.1 Å². The summed E-state index contributed by atoms with van der Waals surface area (Å²) in [5, 5.41) is 5.98. The highest BCUT2D eigenvalue weighted by Crippen LogP contribution is 2.40. The Balaban J connectivity index is 1.29. The number of nitrogens with one attached hydrogen (secondary N) is 2. The highest BCUT2D eigenvalue weighted by Gasteiger charge is 2.48. The van der Waals surface area contributed by atoms with Gasteiger partial charge in [0.25, 0.3) is 0 Å². The molecule has 2 aliphatic carbocycles. The first kappa shape index (κ1) is 15.3. The minimum Gasteiger partial charge on any atom is -0.454 e. The molecule has 0 saturated heterocycles. The lowest BCUT2D eigenvalue weighted by Crippen LogP contribution is -2.37. The van der Waals surface area contributed by atoms with Gasteiger partial charge in [-0.2, -0.15) is 0 Å². The zero-order valence-electron chi connectivity index (χ0n) is 13.5. The molecule has 0 radical (unpaired) electrons. The molecular formula is C18H22N2O4. The van der Waals surface area contributed by atoms with Gasteiger partial charge in [-0.25, -0.2) is 0 Å². The fraction of sp³-hybridized carbons (Fsp3) is 0.556. The van der Waals surface area contributed by atoms with Crippen molar-refractivity contribution in [2.75, 3.05) is 12.1 Å². The maximum absolute atomic E-state index is 12.3. The van der Waals surface area contributed by atoms with Crippen LogP contribution in [0.4, 0.5) is 5.69 Å². The van der Waals surface area contributed by atoms with Crippen molar-refractivity contribution in [2.24, 2.45) is 11.8 Å². The summed E-state index contributed by atoms with van der Waals surface area (Å²) in [6, 6.07) is 5.60. The third kappa shape index (κ3) is 3.18. The first-order chi connectivity index (χ1) is 11.7. The van der Waals surface area contributed by atoms with Crippen LogP contribution in [0.25, 0.3) is 0 Å². The van der Waals surface area contributed by atoms with Crippen LogP contribution in [-0.2, 0) is 9.59 Å². The van der Waals surface area contributed by atoms with Crippen LogP contribution >= 0.6 is 0 Å². The Labute approximate surface area is 140 Å². The first-order valence-corrected chi connectivity index (χ1v) is 8.71. The Morgan fingerprint density at radius 2 is 1.71 bits per heavy atom. The summed E-state index contributed by atoms with van der Waals surface area (Å²) in [4.78, 5) is 24.6. The van der Waals surface area contributed by atoms with Crippen LogP contribution in [0, 0.1) is 11.8 Å². The smallest absolute Gasteiger partial charge is 0.231 e. The van der Waals surface area contributed by atoms with Gasteiger partial charge in [0.2, 0.25) is 18.6 Å². The van der Waals surface area contributed by atoms with E-state index >= 15 is 0 Å². The van der Waals surface area contributed by atoms with Crippen LogP contribution in [-0.4, -0.2) is 24.6 Å². The van der Waals surface area contributed by atoms with Crippen molar-refractivity contribution in [3.63, 3.8) is 0 Å². The van der Waals surface area contributed by atoms with Gasteiger partial charge in [-0.1, -0.05) is 19.3 Å². The summed E-state index contributed by atoms with van der Waals surface area (Å²) in [5.41, 5.74) is 0.669. The number of carbonyl (C=O) groups is 2. The molecule has 1 aliphatic heterocycles. The molecule has 2 amide bonds. The van der Waals surface area contributed by atoms with Crippen LogP contribution in [0.1, 0.15) is 38.5 Å². The van der Waals surface area contributed by atoms with E-state index in [0.717, 1.165) is 12.8 Å². The molecule has 128 valence electrons. The van der Waals surface area contributed by atoms with Crippen molar-refractivity contribution in [3.8, 4) is 11.5 Å². The van der Waals surface area contributed by atoms with Crippen LogP contribution in [0.2, 0.25) is 0 Å². The molecule has 6 nitrogen and oxygen atoms in total. The highest BCUT2D eigenvalue weighted by molar-refractivity contribution is 5.99. The monoisotopic (exact) mass is 330 g/mol. The van der Waals surface area contributed by atoms with Gasteiger partial charge in [-0.3, -0.25) is 9.59 Å². The molecule has 1 aromatic rings. The summed E-state index contributed by atoms with van der Waals surface area (Å²) >= 11 is 0. The summed E-state index contributed by atoms with van der Waals surface area (Å²) in [6.07, 6.45) is 6.39. The van der Waals surface area contributed by atoms with E-state index in [1.165, 1.54) is 19.3 Å². The molecule has 6 heteroatoms. The van der Waals surface area contributed by atoms with E-state index in [9.17, 15) is 9.59 Å². The van der Waals surface area contributed by atoms with Gasteiger partial charge in [0, 0.05) is 17.8 Å². The molecule has 0 spiro atoms. The van der Waals surface area contributed by atoms with Crippen molar-refractivity contribution < 1.29 is 19.1 Å². The molecule has 4 rings (SSSR count). The van der Waals surface area contributed by atoms with E-state index in [4.69, 9.17) is 9.47 Å². The summed E-state index contributed by atoms with van der Waals surface area (Å²) < 4.78 is 10.6. The minimum absolute atomic E-state index is 0.0349. The lowest BCUT2D eigenvalue weighted by Gasteiger charge is -2.22. The number of rotatable bonds is 4. The topological polar surface area (TPSA) is 76.7 Å². The summed E-state index contributed by atoms with van der Waals surface area (Å²) in [5.74, 6) is 0.852. The number of benzene rings is 1. The maximum atomic E-state index is 12.3. The maximum Gasteiger partial charge on any atom is 0.231 e. The predicted molar refractivity (Wildman–Crippen MR) is 87.8 cm³/mol. The molecule has 2 unspecified atom stereocenters. The number of hydrogen-bond acceptors (Lipinski definition) is 4. The zero-order chi connectivity index (χ0) is 16.5. The lowest BCUT2D eigenvalue weighted by molar-refractivity contribution is -0.126. The second kappa shape index (κ2) is 6.34. The molecule has 2 fully saturated rings. The molecular weight excluding hydrogens is 308 g/mol. The number of fused-ring (bicyclic) bond motifs is 1. The van der Waals surface area contributed by atoms with Crippen molar-refractivity contribution in [2.45, 2.75) is 44.6 Å². The average molecular weight is 330 g/mol. The summed E-state index contributed by atoms with van der Waals surface area (Å²) in [6.45, 7) is 0.207. The number of ether oxygens (including phenoxy) is 2. The minimum atomic E-state index is -0.223. The largest absolute Gasteiger partial charge is 0.454 e. The average Bonchev–Trinajstić information content (AvgIpc) is 3.27. The first-order valence-electron chi connectivity index (χ1n) is 8.71. The Bertz CT molecular complexity index is 654. The van der Waals surface area contributed by atoms with E-state index in [1.54, 1.807) is 18.2 Å². The fourth-order valence-electron chi connectivity index (χ4n) is 3.54. The van der Waals surface area contributed by atoms with Gasteiger partial charge in [0.15, 0.2) is 11.5 Å². The molecule has 1 heterocycles. The SMILES string of the molecule is O=C(Nc1ccc2c(c1)OCO2)C1CC1C(=O)NC1CCCCC1. The van der Waals surface area contributed by atoms with Crippen LogP contribution in [0.5, 0.6) is 11.5 Å². The fourth-order valence-corrected chi connectivity index (χ4v) is 3.54. The molecule has 24 heavy (non-hydrogen) atoms. The number of hydrogen-bond donors (Lipinski definition) is 2. The normalized spacial score (nSPS) is 25.2. The molecule has 1 aromatic carbocycles. The Hall–Kier alpha value is -2.24. The van der Waals surface area contributed by atoms with Gasteiger partial charge in [0.1, 0.15) is 0 Å². The Kier molecular flexibility index (Phi) is 4.04. The van der Waals surface area contributed by atoms with E-state index in [1.807, 2.05) is 0 Å². The summed E-state index contributed by atoms with van der Waals surface area (Å²) in [7, 11) is 0. The van der Waals surface area contributed by atoms with E-state index in [0.29, 0.717) is 29.6 Å². The molecule has 2 atom stereocenters. The third-order valence-corrected chi connectivity index (χ3v) is 5.06. The van der Waals surface area contributed by atoms with E-state index in [-0.39, 0.29) is 30.4 Å². The standard InChI is InChI=1S/C18H22N2O4/c21-17(19-11-4-2-1-3-5-11)13-9-14(13)18(22)20-12-6-7-15-16(8-12)24-10-23-15/h6-8,11,13-14H,1-5,9-10H2,(H,19,21)(H,20,22). The van der Waals surface area contributed by atoms with Crippen molar-refractivity contribution in [1.82, 2.24) is 5.32 Å². The Morgan fingerprint density at radius 3 is 2.54 bits per heavy atom. The van der Waals surface area contributed by atoms with Crippen molar-refractivity contribution in [3.05, 3.63) is 18.2 Å². The zero-order valence-corrected chi connectivity index (χ0v) is 13.5. The molecule has 0 bridgehead atoms. The van der Waals surface area contributed by atoms with Gasteiger partial charge < -0.3 is 20.1 Å². The lowest BCUT2D eigenvalue weighted by atomic mass is 9.95. The number of anilines is 1. The van der Waals surface area contributed by atoms with E-state index in [2.05, 4.69) is 10.6 Å². The van der Waals surface area contributed by atoms with Gasteiger partial charge >= 0.3 is 0 Å². The Morgan fingerprint density at radius 1 is 0.958 bits per heavy atom. The van der Waals surface area contributed by atoms with Gasteiger partial charge in [-0.05, 0) is 31.4 Å². The molecule has 2 N–H and O–H groups in total. The van der Waals surface area contributed by atoms with Gasteiger partial charge in [0.05, 0.1) is 11.8 Å². The third-order valence-electron chi connectivity index (χ3n) is 5.06. The highest BCUT2D eigenvalue weighted by atomic mass is 16.7. The second-order valence-corrected chi connectivity index (χ2v) is 6.85. The molecule has 2 saturated carbocycles. The predicted octanol–water partition coefficient (Wildman–Crippen LogP) is 2.44. The van der Waals surface area contributed by atoms with Crippen molar-refractivity contribution in [1.29, 1.82) is 0 Å². The number of amides is 2. The quantitative estimate of drug-likeness (QED) is 0.889. The van der Waals surface area contributed by atoms with E-state index < -0.39 is 0 Å². The van der Waals surface area contributed by atoms with Crippen LogP contribution in [0.15, 0.2) is 18.2 Å². The number of carbonyl (C=O) groups excluding carboxylic acids is 2. The van der Waals surface area contributed by atoms with Gasteiger partial charge in [-0.15, -0.1) is 0 Å².